The maximum atomic E-state index is 6.34. The van der Waals surface area contributed by atoms with Crippen LogP contribution in [0, 0.1) is 0 Å². The Morgan fingerprint density at radius 3 is 2.69 bits per heavy atom. The Labute approximate surface area is 153 Å². The molecule has 0 unspecified atom stereocenters. The maximum absolute atomic E-state index is 6.34. The van der Waals surface area contributed by atoms with Crippen molar-refractivity contribution in [3.63, 3.8) is 0 Å². The summed E-state index contributed by atoms with van der Waals surface area (Å²) in [6.45, 7) is 0.644. The molecule has 1 aromatic carbocycles. The van der Waals surface area contributed by atoms with E-state index in [0.717, 1.165) is 16.8 Å². The number of benzene rings is 1. The molecule has 3 aromatic rings. The Balaban J connectivity index is 1.53. The summed E-state index contributed by atoms with van der Waals surface area (Å²) in [5.41, 5.74) is 9.14. The average molecular weight is 348 g/mol. The van der Waals surface area contributed by atoms with Gasteiger partial charge in [0.05, 0.1) is 24.0 Å². The molecular weight excluding hydrogens is 324 g/mol. The van der Waals surface area contributed by atoms with Crippen molar-refractivity contribution in [2.45, 2.75) is 44.7 Å². The molecule has 134 valence electrons. The Kier molecular flexibility index (Phi) is 4.82. The molecule has 2 aromatic heterocycles. The largest absolute Gasteiger partial charge is 0.383 e. The van der Waals surface area contributed by atoms with Crippen LogP contribution in [0.2, 0.25) is 0 Å². The zero-order chi connectivity index (χ0) is 17.8. The van der Waals surface area contributed by atoms with Crippen LogP contribution < -0.4 is 11.1 Å². The van der Waals surface area contributed by atoms with Crippen molar-refractivity contribution >= 4 is 11.8 Å². The fourth-order valence-corrected chi connectivity index (χ4v) is 3.48. The van der Waals surface area contributed by atoms with Crippen LogP contribution in [0.5, 0.6) is 0 Å². The molecule has 6 heteroatoms. The summed E-state index contributed by atoms with van der Waals surface area (Å²) in [5.74, 6) is 1.29. The first-order valence-corrected chi connectivity index (χ1v) is 9.25. The summed E-state index contributed by atoms with van der Waals surface area (Å²) in [5, 5.41) is 7.91. The summed E-state index contributed by atoms with van der Waals surface area (Å²) in [7, 11) is 0. The van der Waals surface area contributed by atoms with E-state index in [2.05, 4.69) is 32.5 Å². The minimum Gasteiger partial charge on any atom is -0.383 e. The number of nitrogens with two attached hydrogens (primary N) is 1. The first-order valence-electron chi connectivity index (χ1n) is 9.25. The van der Waals surface area contributed by atoms with Crippen molar-refractivity contribution in [2.75, 3.05) is 11.1 Å². The van der Waals surface area contributed by atoms with Crippen molar-refractivity contribution in [3.05, 3.63) is 54.4 Å². The van der Waals surface area contributed by atoms with Crippen LogP contribution in [-0.4, -0.2) is 25.8 Å². The molecule has 1 aliphatic rings. The third kappa shape index (κ3) is 3.69. The topological polar surface area (TPSA) is 81.7 Å². The fraction of sp³-hybridized carbons (Fsp3) is 0.350. The normalized spacial score (nSPS) is 15.1. The second-order valence-corrected chi connectivity index (χ2v) is 6.83. The van der Waals surface area contributed by atoms with Gasteiger partial charge in [-0.3, -0.25) is 0 Å². The molecule has 0 bridgehead atoms. The summed E-state index contributed by atoms with van der Waals surface area (Å²) in [4.78, 5) is 9.04. The molecule has 3 N–H and O–H groups in total. The van der Waals surface area contributed by atoms with Gasteiger partial charge in [0.2, 0.25) is 5.95 Å². The van der Waals surface area contributed by atoms with E-state index in [9.17, 15) is 0 Å². The minimum atomic E-state index is 0.470. The molecule has 0 atom stereocenters. The van der Waals surface area contributed by atoms with Gasteiger partial charge in [-0.2, -0.15) is 5.10 Å². The van der Waals surface area contributed by atoms with Gasteiger partial charge < -0.3 is 11.1 Å². The highest BCUT2D eigenvalue weighted by atomic mass is 15.3. The molecule has 1 aliphatic carbocycles. The molecule has 4 rings (SSSR count). The summed E-state index contributed by atoms with van der Waals surface area (Å²) < 4.78 is 1.81. The van der Waals surface area contributed by atoms with Gasteiger partial charge in [-0.1, -0.05) is 49.6 Å². The summed E-state index contributed by atoms with van der Waals surface area (Å²) in [6, 6.07) is 12.5. The van der Waals surface area contributed by atoms with Crippen LogP contribution in [0.15, 0.2) is 48.8 Å². The lowest BCUT2D eigenvalue weighted by atomic mass is 9.96. The number of nitrogens with zero attached hydrogens (tertiary/aromatic N) is 4. The van der Waals surface area contributed by atoms with Crippen LogP contribution in [-0.2, 0) is 6.54 Å². The molecule has 2 heterocycles. The Morgan fingerprint density at radius 2 is 1.88 bits per heavy atom. The Bertz CT molecular complexity index is 852. The van der Waals surface area contributed by atoms with E-state index in [0.29, 0.717) is 24.4 Å². The van der Waals surface area contributed by atoms with E-state index in [4.69, 9.17) is 5.73 Å². The molecule has 1 saturated carbocycles. The van der Waals surface area contributed by atoms with Crippen LogP contribution in [0.1, 0.15) is 37.7 Å². The molecule has 1 fully saturated rings. The third-order valence-corrected chi connectivity index (χ3v) is 4.93. The van der Waals surface area contributed by atoms with Crippen molar-refractivity contribution in [1.29, 1.82) is 0 Å². The quantitative estimate of drug-likeness (QED) is 0.734. The predicted molar refractivity (Wildman–Crippen MR) is 104 cm³/mol. The van der Waals surface area contributed by atoms with Gasteiger partial charge in [-0.05, 0) is 24.5 Å². The highest BCUT2D eigenvalue weighted by molar-refractivity contribution is 5.71. The zero-order valence-corrected chi connectivity index (χ0v) is 14.8. The highest BCUT2D eigenvalue weighted by Crippen LogP contribution is 2.26. The van der Waals surface area contributed by atoms with Crippen molar-refractivity contribution < 1.29 is 0 Å². The highest BCUT2D eigenvalue weighted by Gasteiger charge is 2.16. The Morgan fingerprint density at radius 1 is 1.08 bits per heavy atom. The smallest absolute Gasteiger partial charge is 0.223 e. The second kappa shape index (κ2) is 7.56. The predicted octanol–water partition coefficient (Wildman–Crippen LogP) is 3.72. The van der Waals surface area contributed by atoms with E-state index in [1.165, 1.54) is 32.1 Å². The lowest BCUT2D eigenvalue weighted by molar-refractivity contribution is 0.461. The second-order valence-electron chi connectivity index (χ2n) is 6.83. The van der Waals surface area contributed by atoms with Gasteiger partial charge in [-0.15, -0.1) is 0 Å². The lowest BCUT2D eigenvalue weighted by Crippen LogP contribution is -2.23. The van der Waals surface area contributed by atoms with E-state index >= 15 is 0 Å². The van der Waals surface area contributed by atoms with Crippen molar-refractivity contribution in [2.24, 2.45) is 0 Å². The minimum absolute atomic E-state index is 0.470. The molecule has 0 radical (unpaired) electrons. The number of aromatic nitrogens is 4. The molecule has 0 saturated heterocycles. The van der Waals surface area contributed by atoms with Crippen molar-refractivity contribution in [3.8, 4) is 11.3 Å². The van der Waals surface area contributed by atoms with Crippen LogP contribution >= 0.6 is 0 Å². The van der Waals surface area contributed by atoms with Gasteiger partial charge in [0.25, 0.3) is 0 Å². The SMILES string of the molecule is Nc1c(-c2ccnc(NC3CCCCC3)n2)cnn1Cc1ccccc1. The summed E-state index contributed by atoms with van der Waals surface area (Å²) in [6.07, 6.45) is 9.81. The van der Waals surface area contributed by atoms with Crippen LogP contribution in [0.3, 0.4) is 0 Å². The van der Waals surface area contributed by atoms with Gasteiger partial charge in [-0.25, -0.2) is 14.6 Å². The fourth-order valence-electron chi connectivity index (χ4n) is 3.48. The number of rotatable bonds is 5. The number of nitrogen functional groups attached to an aromatic ring is 1. The number of hydrogen-bond donors (Lipinski definition) is 2. The molecule has 0 spiro atoms. The standard InChI is InChI=1S/C20H24N6/c21-19-17(13-23-26(19)14-15-7-3-1-4-8-15)18-11-12-22-20(25-18)24-16-9-5-2-6-10-16/h1,3-4,7-8,11-13,16H,2,5-6,9-10,14,21H2,(H,22,24,25). The maximum Gasteiger partial charge on any atom is 0.223 e. The molecule has 0 amide bonds. The average Bonchev–Trinajstić information content (AvgIpc) is 3.04. The van der Waals surface area contributed by atoms with E-state index in [-0.39, 0.29) is 0 Å². The number of nitrogens with one attached hydrogen (secondary N) is 1. The number of hydrogen-bond acceptors (Lipinski definition) is 5. The zero-order valence-electron chi connectivity index (χ0n) is 14.8. The molecule has 6 nitrogen and oxygen atoms in total. The van der Waals surface area contributed by atoms with Gasteiger partial charge in [0.15, 0.2) is 0 Å². The molecular formula is C20H24N6. The first-order chi connectivity index (χ1) is 12.8. The van der Waals surface area contributed by atoms with Gasteiger partial charge in [0.1, 0.15) is 5.82 Å². The molecule has 0 aliphatic heterocycles. The summed E-state index contributed by atoms with van der Waals surface area (Å²) >= 11 is 0. The lowest BCUT2D eigenvalue weighted by Gasteiger charge is -2.22. The van der Waals surface area contributed by atoms with Gasteiger partial charge >= 0.3 is 0 Å². The van der Waals surface area contributed by atoms with E-state index in [1.807, 2.05) is 24.3 Å². The monoisotopic (exact) mass is 348 g/mol. The van der Waals surface area contributed by atoms with Gasteiger partial charge in [0, 0.05) is 12.2 Å². The van der Waals surface area contributed by atoms with E-state index in [1.54, 1.807) is 17.1 Å². The number of anilines is 2. The van der Waals surface area contributed by atoms with Crippen molar-refractivity contribution in [1.82, 2.24) is 19.7 Å². The van der Waals surface area contributed by atoms with E-state index < -0.39 is 0 Å². The molecule has 26 heavy (non-hydrogen) atoms. The third-order valence-electron chi connectivity index (χ3n) is 4.93. The van der Waals surface area contributed by atoms with Crippen LogP contribution in [0.25, 0.3) is 11.3 Å². The van der Waals surface area contributed by atoms with Crippen LogP contribution in [0.4, 0.5) is 11.8 Å². The first kappa shape index (κ1) is 16.6. The Hall–Kier alpha value is -2.89.